The molecular weight excluding hydrogens is 420 g/mol. The lowest BCUT2D eigenvalue weighted by Gasteiger charge is -2.09. The Bertz CT molecular complexity index is 1220. The molecule has 0 aliphatic heterocycles. The van der Waals surface area contributed by atoms with E-state index >= 15 is 0 Å². The van der Waals surface area contributed by atoms with Crippen LogP contribution in [0.4, 0.5) is 16.2 Å². The van der Waals surface area contributed by atoms with Crippen molar-refractivity contribution in [1.82, 2.24) is 10.2 Å². The number of benzene rings is 3. The molecule has 2 amide bonds. The van der Waals surface area contributed by atoms with Crippen molar-refractivity contribution >= 4 is 23.4 Å². The van der Waals surface area contributed by atoms with E-state index in [9.17, 15) is 9.59 Å². The molecule has 0 radical (unpaired) electrons. The fraction of sp³-hybridized carbons (Fsp3) is 0.120. The normalized spacial score (nSPS) is 10.5. The molecule has 3 aromatic carbocycles. The first-order valence-corrected chi connectivity index (χ1v) is 10.4. The molecule has 0 unspecified atom stereocenters. The van der Waals surface area contributed by atoms with Crippen molar-refractivity contribution < 1.29 is 18.7 Å². The van der Waals surface area contributed by atoms with E-state index in [2.05, 4.69) is 20.8 Å². The van der Waals surface area contributed by atoms with Crippen LogP contribution in [0.25, 0.3) is 22.9 Å². The number of carbonyl (C=O) groups is 2. The van der Waals surface area contributed by atoms with Gasteiger partial charge in [-0.2, -0.15) is 0 Å². The summed E-state index contributed by atoms with van der Waals surface area (Å²) < 4.78 is 10.7. The molecule has 0 saturated carbocycles. The third-order valence-corrected chi connectivity index (χ3v) is 4.70. The third-order valence-electron chi connectivity index (χ3n) is 4.70. The number of hydrogen-bond donors (Lipinski definition) is 2. The van der Waals surface area contributed by atoms with Crippen molar-refractivity contribution in [1.29, 1.82) is 0 Å². The van der Waals surface area contributed by atoms with Crippen LogP contribution in [-0.4, -0.2) is 28.8 Å². The minimum Gasteiger partial charge on any atom is -0.466 e. The predicted molar refractivity (Wildman–Crippen MR) is 125 cm³/mol. The Morgan fingerprint density at radius 2 is 1.33 bits per heavy atom. The fourth-order valence-electron chi connectivity index (χ4n) is 3.11. The van der Waals surface area contributed by atoms with Crippen LogP contribution in [0.15, 0.2) is 83.3 Å². The molecule has 0 aliphatic carbocycles. The second kappa shape index (κ2) is 10.2. The van der Waals surface area contributed by atoms with Gasteiger partial charge in [0.2, 0.25) is 11.8 Å². The van der Waals surface area contributed by atoms with E-state index in [1.54, 1.807) is 55.5 Å². The summed E-state index contributed by atoms with van der Waals surface area (Å²) in [5, 5.41) is 13.7. The molecule has 8 nitrogen and oxygen atoms in total. The van der Waals surface area contributed by atoms with Crippen molar-refractivity contribution in [2.24, 2.45) is 0 Å². The molecule has 4 rings (SSSR count). The van der Waals surface area contributed by atoms with E-state index < -0.39 is 0 Å². The van der Waals surface area contributed by atoms with Gasteiger partial charge in [0.1, 0.15) is 0 Å². The maximum atomic E-state index is 12.3. The number of nitrogens with one attached hydrogen (secondary N) is 2. The number of nitrogens with zero attached hydrogens (tertiary/aromatic N) is 2. The topological polar surface area (TPSA) is 106 Å². The van der Waals surface area contributed by atoms with Crippen LogP contribution in [0.5, 0.6) is 0 Å². The van der Waals surface area contributed by atoms with Crippen LogP contribution < -0.4 is 10.6 Å². The number of anilines is 2. The standard InChI is InChI=1S/C25H22N4O4/c1-2-32-22(30)16-17-8-12-20(13-9-17)26-25(31)27-21-14-10-19(11-15-21)24-29-28-23(33-24)18-6-4-3-5-7-18/h3-15H,2,16H2,1H3,(H2,26,27,31). The lowest BCUT2D eigenvalue weighted by Crippen LogP contribution is -2.19. The maximum Gasteiger partial charge on any atom is 0.323 e. The van der Waals surface area contributed by atoms with Gasteiger partial charge in [-0.3, -0.25) is 4.79 Å². The third kappa shape index (κ3) is 5.82. The number of amides is 2. The van der Waals surface area contributed by atoms with Gasteiger partial charge in [0.15, 0.2) is 0 Å². The zero-order valence-electron chi connectivity index (χ0n) is 17.9. The van der Waals surface area contributed by atoms with Gasteiger partial charge in [-0.1, -0.05) is 30.3 Å². The van der Waals surface area contributed by atoms with Crippen molar-refractivity contribution in [2.45, 2.75) is 13.3 Å². The van der Waals surface area contributed by atoms with Crippen LogP contribution in [0.1, 0.15) is 12.5 Å². The first kappa shape index (κ1) is 21.8. The lowest BCUT2D eigenvalue weighted by molar-refractivity contribution is -0.142. The summed E-state index contributed by atoms with van der Waals surface area (Å²) >= 11 is 0. The zero-order valence-corrected chi connectivity index (χ0v) is 17.9. The second-order valence-corrected chi connectivity index (χ2v) is 7.11. The Labute approximate surface area is 190 Å². The molecule has 0 bridgehead atoms. The highest BCUT2D eigenvalue weighted by Gasteiger charge is 2.11. The Hall–Kier alpha value is -4.46. The molecule has 1 aromatic heterocycles. The molecule has 0 spiro atoms. The van der Waals surface area contributed by atoms with E-state index in [4.69, 9.17) is 9.15 Å². The summed E-state index contributed by atoms with van der Waals surface area (Å²) in [5.74, 6) is 0.560. The summed E-state index contributed by atoms with van der Waals surface area (Å²) in [6, 6.07) is 23.3. The minimum atomic E-state index is -0.384. The molecule has 0 fully saturated rings. The second-order valence-electron chi connectivity index (χ2n) is 7.11. The van der Waals surface area contributed by atoms with E-state index in [0.717, 1.165) is 16.7 Å². The van der Waals surface area contributed by atoms with Crippen molar-refractivity contribution in [3.8, 4) is 22.9 Å². The number of carbonyl (C=O) groups excluding carboxylic acids is 2. The fourth-order valence-corrected chi connectivity index (χ4v) is 3.11. The number of aromatic nitrogens is 2. The SMILES string of the molecule is CCOC(=O)Cc1ccc(NC(=O)Nc2ccc(-c3nnc(-c4ccccc4)o3)cc2)cc1. The van der Waals surface area contributed by atoms with Gasteiger partial charge >= 0.3 is 12.0 Å². The Morgan fingerprint density at radius 1 is 0.788 bits per heavy atom. The van der Waals surface area contributed by atoms with Crippen LogP contribution in [0, 0.1) is 0 Å². The molecule has 1 heterocycles. The van der Waals surface area contributed by atoms with E-state index in [1.165, 1.54) is 0 Å². The van der Waals surface area contributed by atoms with Gasteiger partial charge in [-0.25, -0.2) is 4.79 Å². The number of rotatable bonds is 7. The monoisotopic (exact) mass is 442 g/mol. The summed E-state index contributed by atoms with van der Waals surface area (Å²) in [4.78, 5) is 23.9. The Morgan fingerprint density at radius 3 is 1.91 bits per heavy atom. The average molecular weight is 442 g/mol. The van der Waals surface area contributed by atoms with Crippen LogP contribution in [-0.2, 0) is 16.0 Å². The maximum absolute atomic E-state index is 12.3. The van der Waals surface area contributed by atoms with E-state index in [0.29, 0.717) is 29.8 Å². The highest BCUT2D eigenvalue weighted by molar-refractivity contribution is 5.99. The summed E-state index contributed by atoms with van der Waals surface area (Å²) in [6.45, 7) is 2.12. The van der Waals surface area contributed by atoms with Gasteiger partial charge in [-0.15, -0.1) is 10.2 Å². The molecule has 166 valence electrons. The van der Waals surface area contributed by atoms with Crippen LogP contribution >= 0.6 is 0 Å². The van der Waals surface area contributed by atoms with Crippen LogP contribution in [0.3, 0.4) is 0 Å². The average Bonchev–Trinajstić information content (AvgIpc) is 3.32. The number of urea groups is 1. The largest absolute Gasteiger partial charge is 0.466 e. The Balaban J connectivity index is 1.33. The number of esters is 1. The van der Waals surface area contributed by atoms with Crippen molar-refractivity contribution in [3.05, 3.63) is 84.4 Å². The molecule has 2 N–H and O–H groups in total. The number of ether oxygens (including phenoxy) is 1. The zero-order chi connectivity index (χ0) is 23.0. The van der Waals surface area contributed by atoms with Gasteiger partial charge in [0.05, 0.1) is 13.0 Å². The van der Waals surface area contributed by atoms with Crippen LogP contribution in [0.2, 0.25) is 0 Å². The summed E-state index contributed by atoms with van der Waals surface area (Å²) in [6.07, 6.45) is 0.194. The van der Waals surface area contributed by atoms with Gasteiger partial charge in [0, 0.05) is 22.5 Å². The highest BCUT2D eigenvalue weighted by Crippen LogP contribution is 2.24. The molecule has 0 saturated heterocycles. The smallest absolute Gasteiger partial charge is 0.323 e. The molecular formula is C25H22N4O4. The lowest BCUT2D eigenvalue weighted by atomic mass is 10.1. The highest BCUT2D eigenvalue weighted by atomic mass is 16.5. The van der Waals surface area contributed by atoms with Crippen molar-refractivity contribution in [2.75, 3.05) is 17.2 Å². The first-order valence-electron chi connectivity index (χ1n) is 10.4. The van der Waals surface area contributed by atoms with Gasteiger partial charge < -0.3 is 19.8 Å². The first-order chi connectivity index (χ1) is 16.1. The minimum absolute atomic E-state index is 0.194. The molecule has 0 aliphatic rings. The summed E-state index contributed by atoms with van der Waals surface area (Å²) in [7, 11) is 0. The molecule has 4 aromatic rings. The molecule has 33 heavy (non-hydrogen) atoms. The van der Waals surface area contributed by atoms with Gasteiger partial charge in [-0.05, 0) is 61.0 Å². The Kier molecular flexibility index (Phi) is 6.75. The van der Waals surface area contributed by atoms with Gasteiger partial charge in [0.25, 0.3) is 0 Å². The quantitative estimate of drug-likeness (QED) is 0.383. The predicted octanol–water partition coefficient (Wildman–Crippen LogP) is 5.15. The van der Waals surface area contributed by atoms with E-state index in [-0.39, 0.29) is 18.4 Å². The number of hydrogen-bond acceptors (Lipinski definition) is 6. The molecule has 0 atom stereocenters. The van der Waals surface area contributed by atoms with Crippen molar-refractivity contribution in [3.63, 3.8) is 0 Å². The summed E-state index contributed by atoms with van der Waals surface area (Å²) in [5.41, 5.74) is 3.62. The van der Waals surface area contributed by atoms with E-state index in [1.807, 2.05) is 30.3 Å². The molecule has 8 heteroatoms.